The van der Waals surface area contributed by atoms with E-state index in [9.17, 15) is 14.4 Å². The summed E-state index contributed by atoms with van der Waals surface area (Å²) in [6.07, 6.45) is 1.70. The number of carbonyl (C=O) groups excluding carboxylic acids is 3. The van der Waals surface area contributed by atoms with Gasteiger partial charge in [0, 0.05) is 23.1 Å². The Morgan fingerprint density at radius 2 is 1.88 bits per heavy atom. The van der Waals surface area contributed by atoms with Gasteiger partial charge in [0.1, 0.15) is 0 Å². The summed E-state index contributed by atoms with van der Waals surface area (Å²) < 4.78 is 0.808. The van der Waals surface area contributed by atoms with Gasteiger partial charge >= 0.3 is 0 Å². The van der Waals surface area contributed by atoms with Crippen LogP contribution in [-0.2, 0) is 4.79 Å². The molecule has 132 valence electrons. The summed E-state index contributed by atoms with van der Waals surface area (Å²) in [6, 6.07) is 16.4. The molecule has 5 nitrogen and oxygen atoms in total. The lowest BCUT2D eigenvalue weighted by Crippen LogP contribution is -2.37. The number of thioether (sulfide) groups is 1. The maximum absolute atomic E-state index is 12.4. The van der Waals surface area contributed by atoms with E-state index >= 15 is 0 Å². The predicted octanol–water partition coefficient (Wildman–Crippen LogP) is 3.92. The Kier molecular flexibility index (Phi) is 5.90. The number of amides is 3. The van der Waals surface area contributed by atoms with Crippen LogP contribution in [0.1, 0.15) is 15.9 Å². The van der Waals surface area contributed by atoms with E-state index < -0.39 is 0 Å². The third kappa shape index (κ3) is 4.42. The van der Waals surface area contributed by atoms with Crippen LogP contribution >= 0.6 is 27.7 Å². The highest BCUT2D eigenvalue weighted by Crippen LogP contribution is 2.31. The van der Waals surface area contributed by atoms with Gasteiger partial charge in [-0.05, 0) is 41.6 Å². The molecule has 1 N–H and O–H groups in total. The van der Waals surface area contributed by atoms with Crippen LogP contribution in [-0.4, -0.2) is 35.0 Å². The molecule has 2 aromatic carbocycles. The van der Waals surface area contributed by atoms with Gasteiger partial charge in [-0.25, -0.2) is 0 Å². The number of imide groups is 1. The first-order valence-electron chi connectivity index (χ1n) is 7.89. The lowest BCUT2D eigenvalue weighted by molar-refractivity contribution is -0.122. The molecular weight excluding hydrogens is 416 g/mol. The van der Waals surface area contributed by atoms with Gasteiger partial charge in [0.05, 0.1) is 4.91 Å². The Hall–Kier alpha value is -2.38. The van der Waals surface area contributed by atoms with Crippen molar-refractivity contribution in [1.29, 1.82) is 0 Å². The number of nitrogens with zero attached hydrogens (tertiary/aromatic N) is 1. The summed E-state index contributed by atoms with van der Waals surface area (Å²) in [7, 11) is 0. The lowest BCUT2D eigenvalue weighted by atomic mass is 10.2. The zero-order valence-corrected chi connectivity index (χ0v) is 16.0. The standard InChI is InChI=1S/C19H15BrN2O3S/c20-15-8-4-7-14(12-15)17(23)21-9-10-22-18(24)16(26-19(22)25)11-13-5-2-1-3-6-13/h1-8,11-12H,9-10H2,(H,21,23). The largest absolute Gasteiger partial charge is 0.350 e. The van der Waals surface area contributed by atoms with Crippen LogP contribution in [0.4, 0.5) is 4.79 Å². The minimum Gasteiger partial charge on any atom is -0.350 e. The maximum atomic E-state index is 12.4. The summed E-state index contributed by atoms with van der Waals surface area (Å²) in [5.74, 6) is -0.585. The minimum atomic E-state index is -0.333. The number of halogens is 1. The summed E-state index contributed by atoms with van der Waals surface area (Å²) in [5.41, 5.74) is 1.37. The second kappa shape index (κ2) is 8.33. The normalized spacial score (nSPS) is 15.6. The van der Waals surface area contributed by atoms with Crippen molar-refractivity contribution < 1.29 is 14.4 Å². The average Bonchev–Trinajstić information content (AvgIpc) is 2.90. The van der Waals surface area contributed by atoms with E-state index in [0.29, 0.717) is 10.5 Å². The molecule has 3 amide bonds. The molecular formula is C19H15BrN2O3S. The smallest absolute Gasteiger partial charge is 0.293 e. The number of hydrogen-bond acceptors (Lipinski definition) is 4. The second-order valence-electron chi connectivity index (χ2n) is 5.51. The van der Waals surface area contributed by atoms with Gasteiger partial charge in [0.2, 0.25) is 0 Å². The quantitative estimate of drug-likeness (QED) is 0.729. The molecule has 0 aromatic heterocycles. The summed E-state index contributed by atoms with van der Waals surface area (Å²) in [4.78, 5) is 38.1. The Morgan fingerprint density at radius 1 is 1.12 bits per heavy atom. The molecule has 1 heterocycles. The minimum absolute atomic E-state index is 0.135. The number of nitrogens with one attached hydrogen (secondary N) is 1. The van der Waals surface area contributed by atoms with E-state index in [4.69, 9.17) is 0 Å². The zero-order chi connectivity index (χ0) is 18.5. The van der Waals surface area contributed by atoms with Crippen molar-refractivity contribution in [1.82, 2.24) is 10.2 Å². The lowest BCUT2D eigenvalue weighted by Gasteiger charge is -2.13. The number of hydrogen-bond donors (Lipinski definition) is 1. The van der Waals surface area contributed by atoms with Crippen molar-refractivity contribution in [3.63, 3.8) is 0 Å². The van der Waals surface area contributed by atoms with Gasteiger partial charge in [-0.1, -0.05) is 52.3 Å². The first-order chi connectivity index (χ1) is 12.5. The highest BCUT2D eigenvalue weighted by atomic mass is 79.9. The summed E-state index contributed by atoms with van der Waals surface area (Å²) in [5, 5.41) is 2.40. The first-order valence-corrected chi connectivity index (χ1v) is 9.50. The summed E-state index contributed by atoms with van der Waals surface area (Å²) in [6.45, 7) is 0.332. The molecule has 0 atom stereocenters. The van der Waals surface area contributed by atoms with Crippen molar-refractivity contribution in [2.45, 2.75) is 0 Å². The van der Waals surface area contributed by atoms with Crippen LogP contribution in [0.25, 0.3) is 6.08 Å². The molecule has 7 heteroatoms. The SMILES string of the molecule is O=C(NCCN1C(=O)SC(=Cc2ccccc2)C1=O)c1cccc(Br)c1. The van der Waals surface area contributed by atoms with Crippen molar-refractivity contribution in [2.75, 3.05) is 13.1 Å². The van der Waals surface area contributed by atoms with Crippen molar-refractivity contribution in [2.24, 2.45) is 0 Å². The molecule has 2 aromatic rings. The highest BCUT2D eigenvalue weighted by Gasteiger charge is 2.34. The molecule has 0 bridgehead atoms. The van der Waals surface area contributed by atoms with E-state index in [1.54, 1.807) is 24.3 Å². The predicted molar refractivity (Wildman–Crippen MR) is 106 cm³/mol. The molecule has 1 fully saturated rings. The Bertz CT molecular complexity index is 883. The average molecular weight is 431 g/mol. The van der Waals surface area contributed by atoms with Crippen LogP contribution in [0.5, 0.6) is 0 Å². The third-order valence-electron chi connectivity index (χ3n) is 3.68. The summed E-state index contributed by atoms with van der Waals surface area (Å²) >= 11 is 4.23. The van der Waals surface area contributed by atoms with Crippen LogP contribution < -0.4 is 5.32 Å². The van der Waals surface area contributed by atoms with Crippen LogP contribution in [0, 0.1) is 0 Å². The van der Waals surface area contributed by atoms with Crippen LogP contribution in [0.3, 0.4) is 0 Å². The van der Waals surface area contributed by atoms with Gasteiger partial charge in [-0.15, -0.1) is 0 Å². The van der Waals surface area contributed by atoms with E-state index in [-0.39, 0.29) is 30.1 Å². The van der Waals surface area contributed by atoms with Gasteiger partial charge < -0.3 is 5.32 Å². The number of carbonyl (C=O) groups is 3. The molecule has 1 aliphatic heterocycles. The fourth-order valence-corrected chi connectivity index (χ4v) is 3.67. The van der Waals surface area contributed by atoms with Crippen molar-refractivity contribution in [3.8, 4) is 0 Å². The molecule has 1 saturated heterocycles. The molecule has 0 aliphatic carbocycles. The van der Waals surface area contributed by atoms with Gasteiger partial charge in [0.25, 0.3) is 17.1 Å². The second-order valence-corrected chi connectivity index (χ2v) is 7.42. The molecule has 0 saturated carbocycles. The third-order valence-corrected chi connectivity index (χ3v) is 5.08. The van der Waals surface area contributed by atoms with Crippen LogP contribution in [0.2, 0.25) is 0 Å². The van der Waals surface area contributed by atoms with Gasteiger partial charge in [0.15, 0.2) is 0 Å². The Balaban J connectivity index is 1.58. The van der Waals surface area contributed by atoms with Crippen molar-refractivity contribution in [3.05, 3.63) is 75.1 Å². The Labute approximate surface area is 163 Å². The molecule has 0 radical (unpaired) electrons. The zero-order valence-electron chi connectivity index (χ0n) is 13.6. The fraction of sp³-hybridized carbons (Fsp3) is 0.105. The topological polar surface area (TPSA) is 66.5 Å². The monoisotopic (exact) mass is 430 g/mol. The van der Waals surface area contributed by atoms with Crippen LogP contribution in [0.15, 0.2) is 64.0 Å². The van der Waals surface area contributed by atoms with Gasteiger partial charge in [-0.2, -0.15) is 0 Å². The van der Waals surface area contributed by atoms with E-state index in [1.807, 2.05) is 36.4 Å². The first kappa shape index (κ1) is 18.4. The van der Waals surface area contributed by atoms with Gasteiger partial charge in [-0.3, -0.25) is 19.3 Å². The fourth-order valence-electron chi connectivity index (χ4n) is 2.41. The molecule has 3 rings (SSSR count). The molecule has 26 heavy (non-hydrogen) atoms. The number of rotatable bonds is 5. The highest BCUT2D eigenvalue weighted by molar-refractivity contribution is 9.10. The van der Waals surface area contributed by atoms with Crippen molar-refractivity contribution >= 4 is 50.8 Å². The Morgan fingerprint density at radius 3 is 2.62 bits per heavy atom. The molecule has 0 spiro atoms. The van der Waals surface area contributed by atoms with E-state index in [2.05, 4.69) is 21.2 Å². The molecule has 1 aliphatic rings. The van der Waals surface area contributed by atoms with E-state index in [0.717, 1.165) is 26.7 Å². The van der Waals surface area contributed by atoms with E-state index in [1.165, 1.54) is 0 Å². The maximum Gasteiger partial charge on any atom is 0.293 e. The number of benzene rings is 2. The molecule has 0 unspecified atom stereocenters.